The molecule has 0 amide bonds. The maximum atomic E-state index is 14.8. The van der Waals surface area contributed by atoms with E-state index in [9.17, 15) is 35.1 Å². The first kappa shape index (κ1) is 26.5. The summed E-state index contributed by atoms with van der Waals surface area (Å²) in [6.07, 6.45) is -5.88. The molecule has 0 fully saturated rings. The molecular weight excluding hydrogens is 418 g/mol. The van der Waals surface area contributed by atoms with Crippen molar-refractivity contribution in [3.8, 4) is 0 Å². The summed E-state index contributed by atoms with van der Waals surface area (Å²) in [7, 11) is 0. The Labute approximate surface area is 172 Å². The normalized spacial score (nSPS) is 13.5. The Morgan fingerprint density at radius 1 is 0.867 bits per heavy atom. The summed E-state index contributed by atoms with van der Waals surface area (Å²) in [6, 6.07) is -1.95. The van der Waals surface area contributed by atoms with Gasteiger partial charge in [-0.05, 0) is 31.4 Å². The average molecular weight is 447 g/mol. The minimum atomic E-state index is -4.27. The van der Waals surface area contributed by atoms with Gasteiger partial charge in [-0.25, -0.2) is 13.2 Å². The maximum Gasteiger partial charge on any atom is 0.389 e. The van der Waals surface area contributed by atoms with Crippen LogP contribution in [0.1, 0.15) is 71.1 Å². The van der Waals surface area contributed by atoms with Gasteiger partial charge in [-0.2, -0.15) is 22.0 Å². The van der Waals surface area contributed by atoms with Crippen molar-refractivity contribution in [1.29, 1.82) is 0 Å². The summed E-state index contributed by atoms with van der Waals surface area (Å²) < 4.78 is 108. The van der Waals surface area contributed by atoms with Crippen molar-refractivity contribution in [1.82, 2.24) is 0 Å². The molecular formula is C21H29F8N. The van der Waals surface area contributed by atoms with E-state index >= 15 is 0 Å². The number of anilines is 1. The summed E-state index contributed by atoms with van der Waals surface area (Å²) in [5.41, 5.74) is -0.704. The minimum absolute atomic E-state index is 0.0239. The summed E-state index contributed by atoms with van der Waals surface area (Å²) in [4.78, 5) is 0.273. The highest BCUT2D eigenvalue weighted by Gasteiger charge is 2.46. The van der Waals surface area contributed by atoms with E-state index in [0.29, 0.717) is 18.6 Å². The Balaban J connectivity index is 2.76. The van der Waals surface area contributed by atoms with Gasteiger partial charge in [0.2, 0.25) is 0 Å². The molecule has 0 heterocycles. The van der Waals surface area contributed by atoms with Crippen LogP contribution >= 0.6 is 0 Å². The van der Waals surface area contributed by atoms with E-state index in [1.54, 1.807) is 0 Å². The number of unbranched alkanes of at least 4 members (excludes halogenated alkanes) is 6. The standard InChI is InChI=1S/C21H29F8N/c1-2-3-4-9-14-30(18-15-16(22)11-12-17(18)23)21(28,29)19(24)10-7-5-6-8-13-20(25,26)27/h11-12,15,19H,2-10,13-14H2,1H3. The monoisotopic (exact) mass is 447 g/mol. The molecule has 0 aliphatic rings. The van der Waals surface area contributed by atoms with Gasteiger partial charge in [0, 0.05) is 19.0 Å². The zero-order valence-electron chi connectivity index (χ0n) is 17.1. The van der Waals surface area contributed by atoms with Crippen molar-refractivity contribution in [2.75, 3.05) is 11.4 Å². The fraction of sp³-hybridized carbons (Fsp3) is 0.714. The third kappa shape index (κ3) is 9.08. The van der Waals surface area contributed by atoms with E-state index < -0.39 is 48.6 Å². The third-order valence-electron chi connectivity index (χ3n) is 4.84. The highest BCUT2D eigenvalue weighted by molar-refractivity contribution is 5.49. The fourth-order valence-corrected chi connectivity index (χ4v) is 3.16. The molecule has 0 bridgehead atoms. The lowest BCUT2D eigenvalue weighted by Gasteiger charge is -2.35. The van der Waals surface area contributed by atoms with Crippen molar-refractivity contribution in [3.63, 3.8) is 0 Å². The third-order valence-corrected chi connectivity index (χ3v) is 4.84. The van der Waals surface area contributed by atoms with Crippen LogP contribution in [0.5, 0.6) is 0 Å². The van der Waals surface area contributed by atoms with Crippen molar-refractivity contribution in [3.05, 3.63) is 29.8 Å². The van der Waals surface area contributed by atoms with Crippen LogP contribution in [-0.2, 0) is 0 Å². The number of rotatable bonds is 14. The van der Waals surface area contributed by atoms with E-state index in [1.807, 2.05) is 6.92 Å². The van der Waals surface area contributed by atoms with Gasteiger partial charge in [0.25, 0.3) is 0 Å². The largest absolute Gasteiger partial charge is 0.389 e. The van der Waals surface area contributed by atoms with Crippen molar-refractivity contribution in [2.45, 2.75) is 89.5 Å². The molecule has 1 aromatic carbocycles. The van der Waals surface area contributed by atoms with Crippen molar-refractivity contribution < 1.29 is 35.1 Å². The summed E-state index contributed by atoms with van der Waals surface area (Å²) >= 11 is 0. The van der Waals surface area contributed by atoms with Crippen molar-refractivity contribution in [2.24, 2.45) is 0 Å². The molecule has 0 aromatic heterocycles. The average Bonchev–Trinajstić information content (AvgIpc) is 2.65. The van der Waals surface area contributed by atoms with Gasteiger partial charge in [-0.3, -0.25) is 0 Å². The molecule has 1 nitrogen and oxygen atoms in total. The van der Waals surface area contributed by atoms with E-state index in [1.165, 1.54) is 0 Å². The van der Waals surface area contributed by atoms with Crippen LogP contribution in [0.25, 0.3) is 0 Å². The highest BCUT2D eigenvalue weighted by Crippen LogP contribution is 2.36. The Hall–Kier alpha value is -1.54. The van der Waals surface area contributed by atoms with E-state index in [4.69, 9.17) is 0 Å². The lowest BCUT2D eigenvalue weighted by atomic mass is 10.1. The molecule has 174 valence electrons. The molecule has 0 saturated carbocycles. The van der Waals surface area contributed by atoms with Gasteiger partial charge in [-0.1, -0.05) is 45.4 Å². The second-order valence-electron chi connectivity index (χ2n) is 7.43. The first-order valence-electron chi connectivity index (χ1n) is 10.3. The van der Waals surface area contributed by atoms with Crippen LogP contribution < -0.4 is 4.90 Å². The molecule has 30 heavy (non-hydrogen) atoms. The van der Waals surface area contributed by atoms with Crippen LogP contribution in [0.15, 0.2) is 18.2 Å². The summed E-state index contributed by atoms with van der Waals surface area (Å²) in [5.74, 6) is -1.99. The van der Waals surface area contributed by atoms with Crippen LogP contribution in [-0.4, -0.2) is 24.9 Å². The molecule has 0 aliphatic carbocycles. The molecule has 0 saturated heterocycles. The molecule has 0 radical (unpaired) electrons. The Bertz CT molecular complexity index is 618. The number of halogens is 8. The van der Waals surface area contributed by atoms with Gasteiger partial charge in [0.05, 0.1) is 5.69 Å². The van der Waals surface area contributed by atoms with E-state index in [0.717, 1.165) is 18.9 Å². The Kier molecular flexibility index (Phi) is 10.9. The molecule has 1 atom stereocenters. The minimum Gasteiger partial charge on any atom is -0.308 e. The topological polar surface area (TPSA) is 3.24 Å². The summed E-state index contributed by atoms with van der Waals surface area (Å²) in [6.45, 7) is 1.57. The number of nitrogens with zero attached hydrogens (tertiary/aromatic N) is 1. The predicted octanol–water partition coefficient (Wildman–Crippen LogP) is 8.19. The number of hydrogen-bond donors (Lipinski definition) is 0. The number of benzene rings is 1. The maximum absolute atomic E-state index is 14.8. The smallest absolute Gasteiger partial charge is 0.308 e. The van der Waals surface area contributed by atoms with Gasteiger partial charge < -0.3 is 4.90 Å². The fourth-order valence-electron chi connectivity index (χ4n) is 3.16. The Morgan fingerprint density at radius 3 is 2.13 bits per heavy atom. The highest BCUT2D eigenvalue weighted by atomic mass is 19.4. The Morgan fingerprint density at radius 2 is 1.50 bits per heavy atom. The van der Waals surface area contributed by atoms with E-state index in [2.05, 4.69) is 0 Å². The molecule has 1 rings (SSSR count). The van der Waals surface area contributed by atoms with Gasteiger partial charge >= 0.3 is 12.2 Å². The van der Waals surface area contributed by atoms with Crippen molar-refractivity contribution >= 4 is 5.69 Å². The van der Waals surface area contributed by atoms with Gasteiger partial charge in [0.15, 0.2) is 6.17 Å². The SMILES string of the molecule is CCCCCCN(c1cc(F)ccc1F)C(F)(F)C(F)CCCCCCC(F)(F)F. The van der Waals surface area contributed by atoms with Crippen LogP contribution in [0.4, 0.5) is 40.8 Å². The van der Waals surface area contributed by atoms with E-state index in [-0.39, 0.29) is 43.5 Å². The van der Waals surface area contributed by atoms with Gasteiger partial charge in [-0.15, -0.1) is 0 Å². The number of hydrogen-bond acceptors (Lipinski definition) is 1. The lowest BCUT2D eigenvalue weighted by Crippen LogP contribution is -2.49. The van der Waals surface area contributed by atoms with Gasteiger partial charge in [0.1, 0.15) is 11.6 Å². The quantitative estimate of drug-likeness (QED) is 0.158. The molecule has 1 aromatic rings. The predicted molar refractivity (Wildman–Crippen MR) is 101 cm³/mol. The second-order valence-corrected chi connectivity index (χ2v) is 7.43. The first-order chi connectivity index (χ1) is 14.0. The first-order valence-corrected chi connectivity index (χ1v) is 10.3. The van der Waals surface area contributed by atoms with Crippen LogP contribution in [0, 0.1) is 11.6 Å². The summed E-state index contributed by atoms with van der Waals surface area (Å²) in [5, 5.41) is 0. The molecule has 0 spiro atoms. The number of alkyl halides is 6. The molecule has 1 unspecified atom stereocenters. The zero-order chi connectivity index (χ0) is 22.8. The van der Waals surface area contributed by atoms with Crippen LogP contribution in [0.2, 0.25) is 0 Å². The molecule has 0 N–H and O–H groups in total. The zero-order valence-corrected chi connectivity index (χ0v) is 17.1. The lowest BCUT2D eigenvalue weighted by molar-refractivity contribution is -0.135. The van der Waals surface area contributed by atoms with Crippen LogP contribution in [0.3, 0.4) is 0 Å². The second kappa shape index (κ2) is 12.3. The molecule has 0 aliphatic heterocycles. The molecule has 9 heteroatoms.